The van der Waals surface area contributed by atoms with Crippen LogP contribution in [0.25, 0.3) is 32.2 Å². The second-order valence-corrected chi connectivity index (χ2v) is 13.1. The van der Waals surface area contributed by atoms with E-state index in [0.29, 0.717) is 17.4 Å². The Bertz CT molecular complexity index is 1930. The van der Waals surface area contributed by atoms with E-state index in [0.717, 1.165) is 17.8 Å². The van der Waals surface area contributed by atoms with Crippen LogP contribution in [0.15, 0.2) is 34.5 Å². The summed E-state index contributed by atoms with van der Waals surface area (Å²) in [4.78, 5) is 37.8. The summed E-state index contributed by atoms with van der Waals surface area (Å²) >= 11 is 1.67. The average Bonchev–Trinajstić information content (AvgIpc) is 3.24. The third-order valence-corrected chi connectivity index (χ3v) is 10.2. The lowest BCUT2D eigenvalue weighted by atomic mass is 9.94. The Hall–Kier alpha value is -3.76. The Morgan fingerprint density at radius 1 is 1.11 bits per heavy atom. The number of fused-ring (bicyclic) bond motifs is 1. The topological polar surface area (TPSA) is 107 Å². The number of nitrogens with two attached hydrogens (primary N) is 1. The summed E-state index contributed by atoms with van der Waals surface area (Å²) in [5.41, 5.74) is 2.49. The average molecular weight is 667 g/mol. The number of ether oxygens (including phenoxy) is 1. The first-order valence-electron chi connectivity index (χ1n) is 13.8. The second kappa shape index (κ2) is 11.2. The van der Waals surface area contributed by atoms with Gasteiger partial charge in [0.2, 0.25) is 5.91 Å². The minimum atomic E-state index is -5.02. The number of piperazine rings is 1. The van der Waals surface area contributed by atoms with Gasteiger partial charge in [-0.15, -0.1) is 11.8 Å². The molecule has 1 amide bonds. The highest BCUT2D eigenvalue weighted by atomic mass is 32.2. The van der Waals surface area contributed by atoms with E-state index >= 15 is 17.6 Å². The summed E-state index contributed by atoms with van der Waals surface area (Å²) < 4.78 is 82.4. The van der Waals surface area contributed by atoms with Crippen LogP contribution in [0.4, 0.5) is 32.9 Å². The fraction of sp³-hybridized carbons (Fsp3) is 0.379. The highest BCUT2D eigenvalue weighted by Crippen LogP contribution is 2.51. The van der Waals surface area contributed by atoms with E-state index in [4.69, 9.17) is 10.5 Å². The normalized spacial score (nSPS) is 20.6. The van der Waals surface area contributed by atoms with Crippen LogP contribution in [0.2, 0.25) is 0 Å². The molecule has 2 aliphatic rings. The van der Waals surface area contributed by atoms with Crippen molar-refractivity contribution in [3.05, 3.63) is 52.5 Å². The predicted molar refractivity (Wildman–Crippen MR) is 164 cm³/mol. The van der Waals surface area contributed by atoms with Crippen LogP contribution < -0.4 is 16.3 Å². The molecular weight excluding hydrogens is 639 g/mol. The van der Waals surface area contributed by atoms with Crippen LogP contribution >= 0.6 is 23.1 Å². The highest BCUT2D eigenvalue weighted by molar-refractivity contribution is 7.99. The van der Waals surface area contributed by atoms with Crippen molar-refractivity contribution < 1.29 is 31.5 Å². The smallest absolute Gasteiger partial charge is 0.379 e. The molecule has 1 fully saturated rings. The zero-order valence-electron chi connectivity index (χ0n) is 24.2. The van der Waals surface area contributed by atoms with Gasteiger partial charge >= 0.3 is 11.9 Å². The number of aromatic nitrogens is 3. The lowest BCUT2D eigenvalue weighted by Crippen LogP contribution is -2.58. The molecule has 3 atom stereocenters. The van der Waals surface area contributed by atoms with E-state index < -0.39 is 46.3 Å². The SMILES string of the molecule is C=CC(=O)N1[C@H](C)CN(c2nc(=O)n3c4c(c(-c5c(F)cc(F)c6sc(N)nc56)c(C(F)(F)F)cc24)SCC(OC)C3)C[C@@H]1C. The van der Waals surface area contributed by atoms with Crippen molar-refractivity contribution in [1.29, 1.82) is 0 Å². The molecule has 4 aromatic rings. The Kier molecular flexibility index (Phi) is 7.80. The Morgan fingerprint density at radius 3 is 2.42 bits per heavy atom. The Labute approximate surface area is 261 Å². The number of carbonyl (C=O) groups is 1. The minimum Gasteiger partial charge on any atom is -0.379 e. The molecule has 2 aliphatic heterocycles. The largest absolute Gasteiger partial charge is 0.417 e. The molecule has 1 unspecified atom stereocenters. The maximum absolute atomic E-state index is 15.7. The lowest BCUT2D eigenvalue weighted by Gasteiger charge is -2.44. The van der Waals surface area contributed by atoms with Gasteiger partial charge in [0.1, 0.15) is 17.5 Å². The number of nitrogen functional groups attached to an aromatic ring is 1. The zero-order chi connectivity index (χ0) is 32.5. The summed E-state index contributed by atoms with van der Waals surface area (Å²) in [7, 11) is 1.42. The van der Waals surface area contributed by atoms with Crippen LogP contribution in [0.5, 0.6) is 0 Å². The Morgan fingerprint density at radius 2 is 1.80 bits per heavy atom. The number of hydrogen-bond acceptors (Lipinski definition) is 9. The van der Waals surface area contributed by atoms with Gasteiger partial charge in [0.25, 0.3) is 0 Å². The Balaban J connectivity index is 1.71. The molecule has 6 rings (SSSR count). The van der Waals surface area contributed by atoms with Crippen molar-refractivity contribution in [3.63, 3.8) is 0 Å². The summed E-state index contributed by atoms with van der Waals surface area (Å²) in [6.45, 7) is 7.44. The van der Waals surface area contributed by atoms with Crippen molar-refractivity contribution in [3.8, 4) is 11.1 Å². The number of rotatable bonds is 4. The first kappa shape index (κ1) is 31.2. The van der Waals surface area contributed by atoms with Gasteiger partial charge in [-0.2, -0.15) is 18.2 Å². The number of nitrogens with zero attached hydrogens (tertiary/aromatic N) is 5. The number of carbonyl (C=O) groups excluding carboxylic acids is 1. The molecule has 2 N–H and O–H groups in total. The van der Waals surface area contributed by atoms with E-state index in [1.807, 2.05) is 0 Å². The zero-order valence-corrected chi connectivity index (χ0v) is 25.9. The summed E-state index contributed by atoms with van der Waals surface area (Å²) in [6.07, 6.45) is -4.42. The second-order valence-electron chi connectivity index (χ2n) is 11.0. The number of alkyl halides is 3. The fourth-order valence-corrected chi connectivity index (χ4v) is 8.35. The van der Waals surface area contributed by atoms with Crippen molar-refractivity contribution >= 4 is 61.1 Å². The molecule has 0 bridgehead atoms. The molecular formula is C29H27F5N6O3S2. The predicted octanol–water partition coefficient (Wildman–Crippen LogP) is 5.28. The van der Waals surface area contributed by atoms with E-state index in [1.54, 1.807) is 23.6 Å². The molecule has 0 aliphatic carbocycles. The summed E-state index contributed by atoms with van der Waals surface area (Å²) in [6, 6.07) is 0.600. The molecule has 9 nitrogen and oxygen atoms in total. The van der Waals surface area contributed by atoms with Gasteiger partial charge in [-0.1, -0.05) is 17.9 Å². The number of thiazole rings is 1. The number of hydrogen-bond donors (Lipinski definition) is 1. The summed E-state index contributed by atoms with van der Waals surface area (Å²) in [5.74, 6) is -2.43. The van der Waals surface area contributed by atoms with Gasteiger partial charge in [-0.3, -0.25) is 9.36 Å². The maximum atomic E-state index is 15.7. The molecule has 2 aromatic heterocycles. The minimum absolute atomic E-state index is 0.00745. The first-order chi connectivity index (χ1) is 21.2. The van der Waals surface area contributed by atoms with Gasteiger partial charge in [-0.25, -0.2) is 18.6 Å². The fourth-order valence-electron chi connectivity index (χ4n) is 6.29. The quantitative estimate of drug-likeness (QED) is 0.232. The number of thioether (sulfide) groups is 1. The lowest BCUT2D eigenvalue weighted by molar-refractivity contribution is -0.137. The molecule has 0 radical (unpaired) electrons. The monoisotopic (exact) mass is 666 g/mol. The van der Waals surface area contributed by atoms with Crippen molar-refractivity contribution in [2.75, 3.05) is 36.6 Å². The third-order valence-electron chi connectivity index (χ3n) is 8.12. The molecule has 1 saturated heterocycles. The molecule has 2 aromatic carbocycles. The number of methoxy groups -OCH3 is 1. The van der Waals surface area contributed by atoms with Gasteiger partial charge in [-0.05, 0) is 26.0 Å². The van der Waals surface area contributed by atoms with E-state index in [-0.39, 0.29) is 80.3 Å². The van der Waals surface area contributed by atoms with Crippen LogP contribution in [-0.4, -0.2) is 69.5 Å². The number of halogens is 5. The molecule has 16 heteroatoms. The van der Waals surface area contributed by atoms with Gasteiger partial charge < -0.3 is 20.3 Å². The van der Waals surface area contributed by atoms with Gasteiger partial charge in [0, 0.05) is 65.5 Å². The van der Waals surface area contributed by atoms with E-state index in [1.165, 1.54) is 17.8 Å². The molecule has 4 heterocycles. The molecule has 0 spiro atoms. The van der Waals surface area contributed by atoms with Crippen molar-refractivity contribution in [1.82, 2.24) is 19.4 Å². The van der Waals surface area contributed by atoms with Gasteiger partial charge in [0.15, 0.2) is 5.13 Å². The number of anilines is 2. The van der Waals surface area contributed by atoms with Crippen LogP contribution in [-0.2, 0) is 22.3 Å². The van der Waals surface area contributed by atoms with Crippen LogP contribution in [0, 0.1) is 11.6 Å². The van der Waals surface area contributed by atoms with Crippen LogP contribution in [0.3, 0.4) is 0 Å². The highest BCUT2D eigenvalue weighted by Gasteiger charge is 2.41. The van der Waals surface area contributed by atoms with E-state index in [2.05, 4.69) is 16.5 Å². The molecule has 0 saturated carbocycles. The molecule has 238 valence electrons. The maximum Gasteiger partial charge on any atom is 0.417 e. The van der Waals surface area contributed by atoms with Crippen molar-refractivity contribution in [2.45, 2.75) is 49.7 Å². The molecule has 45 heavy (non-hydrogen) atoms. The van der Waals surface area contributed by atoms with Gasteiger partial charge in [0.05, 0.1) is 33.9 Å². The third kappa shape index (κ3) is 5.12. The first-order valence-corrected chi connectivity index (χ1v) is 15.6. The summed E-state index contributed by atoms with van der Waals surface area (Å²) in [5, 5.41) is -0.131. The standard InChI is InChI=1S/C29H27F5N6O3S2/c1-5-19(41)40-12(2)8-38(9-13(40)3)26-15-6-16(29(32,33)34)20(21-17(30)7-18(31)24-22(21)36-27(35)45-24)25-23(15)39(28(42)37-26)10-14(43-4)11-44-25/h5-7,12-14H,1,8-11H2,2-4H3,(H2,35,36)/t12-,13+,14?. The van der Waals surface area contributed by atoms with E-state index in [9.17, 15) is 14.0 Å². The van der Waals surface area contributed by atoms with Crippen LogP contribution in [0.1, 0.15) is 19.4 Å². The van der Waals surface area contributed by atoms with Crippen molar-refractivity contribution in [2.24, 2.45) is 0 Å². The number of benzene rings is 2. The number of amides is 1.